The smallest absolute Gasteiger partial charge is 0.0397 e. The molecule has 1 heterocycles. The van der Waals surface area contributed by atoms with Gasteiger partial charge in [0.1, 0.15) is 0 Å². The minimum atomic E-state index is 0.605. The molecule has 0 bridgehead atoms. The molecule has 1 aliphatic heterocycles. The number of fused-ring (bicyclic) bond motifs is 1. The Kier molecular flexibility index (Phi) is 4.95. The molecule has 0 amide bonds. The zero-order chi connectivity index (χ0) is 13.0. The number of thioether (sulfide) groups is 1. The molecule has 0 radical (unpaired) electrons. The van der Waals surface area contributed by atoms with E-state index in [0.29, 0.717) is 6.04 Å². The first-order valence-corrected chi connectivity index (χ1v) is 8.15. The molecule has 1 unspecified atom stereocenters. The zero-order valence-electron chi connectivity index (χ0n) is 11.7. The van der Waals surface area contributed by atoms with Crippen molar-refractivity contribution in [2.75, 3.05) is 30.5 Å². The van der Waals surface area contributed by atoms with Crippen LogP contribution in [-0.2, 0) is 13.0 Å². The maximum Gasteiger partial charge on any atom is 0.0397 e. The summed E-state index contributed by atoms with van der Waals surface area (Å²) in [6, 6.07) is 7.50. The summed E-state index contributed by atoms with van der Waals surface area (Å²) in [5, 5.41) is 3.61. The average molecular weight is 264 g/mol. The van der Waals surface area contributed by atoms with Crippen LogP contribution in [0, 0.1) is 0 Å². The quantitative estimate of drug-likeness (QED) is 0.850. The fourth-order valence-corrected chi connectivity index (χ4v) is 3.01. The normalized spacial score (nSPS) is 15.8. The van der Waals surface area contributed by atoms with Crippen LogP contribution in [0.25, 0.3) is 0 Å². The first-order chi connectivity index (χ1) is 8.70. The highest BCUT2D eigenvalue weighted by atomic mass is 32.2. The van der Waals surface area contributed by atoms with Gasteiger partial charge < -0.3 is 10.2 Å². The molecule has 1 aliphatic rings. The van der Waals surface area contributed by atoms with Crippen molar-refractivity contribution in [3.63, 3.8) is 0 Å². The summed E-state index contributed by atoms with van der Waals surface area (Å²) in [5.41, 5.74) is 4.34. The second-order valence-electron chi connectivity index (χ2n) is 5.20. The summed E-state index contributed by atoms with van der Waals surface area (Å²) in [7, 11) is 2.17. The van der Waals surface area contributed by atoms with Crippen molar-refractivity contribution in [2.24, 2.45) is 0 Å². The predicted molar refractivity (Wildman–Crippen MR) is 82.7 cm³/mol. The number of nitrogens with one attached hydrogen (secondary N) is 1. The third-order valence-electron chi connectivity index (χ3n) is 3.68. The molecular formula is C15H24N2S. The van der Waals surface area contributed by atoms with E-state index in [0.717, 1.165) is 13.1 Å². The molecule has 18 heavy (non-hydrogen) atoms. The lowest BCUT2D eigenvalue weighted by Crippen LogP contribution is -2.26. The van der Waals surface area contributed by atoms with Gasteiger partial charge in [-0.25, -0.2) is 0 Å². The van der Waals surface area contributed by atoms with Crippen LogP contribution in [0.2, 0.25) is 0 Å². The van der Waals surface area contributed by atoms with Gasteiger partial charge in [-0.3, -0.25) is 0 Å². The van der Waals surface area contributed by atoms with Gasteiger partial charge in [0, 0.05) is 31.9 Å². The van der Waals surface area contributed by atoms with Crippen LogP contribution in [-0.4, -0.2) is 31.6 Å². The molecule has 100 valence electrons. The largest absolute Gasteiger partial charge is 0.374 e. The van der Waals surface area contributed by atoms with Gasteiger partial charge in [0.15, 0.2) is 0 Å². The highest BCUT2D eigenvalue weighted by Gasteiger charge is 2.15. The summed E-state index contributed by atoms with van der Waals surface area (Å²) in [4.78, 5) is 2.34. The van der Waals surface area contributed by atoms with E-state index in [2.05, 4.69) is 48.6 Å². The lowest BCUT2D eigenvalue weighted by Gasteiger charge is -2.15. The molecule has 0 fully saturated rings. The molecule has 3 heteroatoms. The van der Waals surface area contributed by atoms with Gasteiger partial charge in [-0.2, -0.15) is 11.8 Å². The Balaban J connectivity index is 1.87. The number of likely N-dealkylation sites (N-methyl/N-ethyl adjacent to an activating group) is 1. The van der Waals surface area contributed by atoms with Gasteiger partial charge in [0.05, 0.1) is 0 Å². The Morgan fingerprint density at radius 2 is 2.28 bits per heavy atom. The number of rotatable bonds is 6. The van der Waals surface area contributed by atoms with E-state index in [1.807, 2.05) is 11.8 Å². The molecule has 2 nitrogen and oxygen atoms in total. The van der Waals surface area contributed by atoms with Crippen LogP contribution in [0.5, 0.6) is 0 Å². The first kappa shape index (κ1) is 13.8. The minimum absolute atomic E-state index is 0.605. The van der Waals surface area contributed by atoms with Crippen molar-refractivity contribution in [3.05, 3.63) is 29.3 Å². The fourth-order valence-electron chi connectivity index (χ4n) is 2.42. The van der Waals surface area contributed by atoms with Gasteiger partial charge in [0.25, 0.3) is 0 Å². The Bertz CT molecular complexity index is 392. The minimum Gasteiger partial charge on any atom is -0.374 e. The van der Waals surface area contributed by atoms with Gasteiger partial charge in [-0.15, -0.1) is 0 Å². The Morgan fingerprint density at radius 1 is 1.44 bits per heavy atom. The van der Waals surface area contributed by atoms with Crippen molar-refractivity contribution in [1.82, 2.24) is 5.32 Å². The summed E-state index contributed by atoms with van der Waals surface area (Å²) < 4.78 is 0. The van der Waals surface area contributed by atoms with Crippen LogP contribution >= 0.6 is 11.8 Å². The van der Waals surface area contributed by atoms with Crippen molar-refractivity contribution in [1.29, 1.82) is 0 Å². The van der Waals surface area contributed by atoms with E-state index in [9.17, 15) is 0 Å². The lowest BCUT2D eigenvalue weighted by atomic mass is 10.1. The van der Waals surface area contributed by atoms with E-state index in [-0.39, 0.29) is 0 Å². The van der Waals surface area contributed by atoms with E-state index in [1.165, 1.54) is 35.4 Å². The zero-order valence-corrected chi connectivity index (χ0v) is 12.5. The van der Waals surface area contributed by atoms with Crippen LogP contribution < -0.4 is 10.2 Å². The van der Waals surface area contributed by atoms with E-state index < -0.39 is 0 Å². The highest BCUT2D eigenvalue weighted by molar-refractivity contribution is 7.98. The van der Waals surface area contributed by atoms with E-state index >= 15 is 0 Å². The Hall–Kier alpha value is -0.670. The Labute approximate surface area is 115 Å². The van der Waals surface area contributed by atoms with Crippen molar-refractivity contribution < 1.29 is 0 Å². The van der Waals surface area contributed by atoms with Crippen LogP contribution in [0.4, 0.5) is 5.69 Å². The molecule has 1 aromatic rings. The van der Waals surface area contributed by atoms with Gasteiger partial charge >= 0.3 is 0 Å². The molecular weight excluding hydrogens is 240 g/mol. The number of benzene rings is 1. The number of anilines is 1. The molecule has 0 aliphatic carbocycles. The first-order valence-electron chi connectivity index (χ1n) is 6.76. The third-order valence-corrected chi connectivity index (χ3v) is 4.33. The Morgan fingerprint density at radius 3 is 3.06 bits per heavy atom. The van der Waals surface area contributed by atoms with Crippen LogP contribution in [0.15, 0.2) is 18.2 Å². The summed E-state index contributed by atoms with van der Waals surface area (Å²) in [5.74, 6) is 1.24. The summed E-state index contributed by atoms with van der Waals surface area (Å²) in [6.07, 6.45) is 4.61. The monoisotopic (exact) mass is 264 g/mol. The highest BCUT2D eigenvalue weighted by Crippen LogP contribution is 2.27. The number of hydrogen-bond donors (Lipinski definition) is 1. The van der Waals surface area contributed by atoms with Gasteiger partial charge in [0.2, 0.25) is 0 Å². The summed E-state index contributed by atoms with van der Waals surface area (Å²) in [6.45, 7) is 4.43. The van der Waals surface area contributed by atoms with Crippen molar-refractivity contribution >= 4 is 17.4 Å². The second kappa shape index (κ2) is 6.48. The fraction of sp³-hybridized carbons (Fsp3) is 0.600. The topological polar surface area (TPSA) is 15.3 Å². The van der Waals surface area contributed by atoms with E-state index in [1.54, 1.807) is 0 Å². The third kappa shape index (κ3) is 3.42. The molecule has 1 atom stereocenters. The standard InChI is InChI=1S/C15H24N2S/c1-12(7-9-18-3)16-11-13-4-5-15-14(10-13)6-8-17(15)2/h4-5,10,12,16H,6-9,11H2,1-3H3. The van der Waals surface area contributed by atoms with Gasteiger partial charge in [-0.1, -0.05) is 12.1 Å². The van der Waals surface area contributed by atoms with Crippen LogP contribution in [0.1, 0.15) is 24.5 Å². The molecule has 0 aromatic heterocycles. The van der Waals surface area contributed by atoms with Crippen LogP contribution in [0.3, 0.4) is 0 Å². The molecule has 0 spiro atoms. The summed E-state index contributed by atoms with van der Waals surface area (Å²) >= 11 is 1.92. The molecule has 1 N–H and O–H groups in total. The van der Waals surface area contributed by atoms with E-state index in [4.69, 9.17) is 0 Å². The SMILES string of the molecule is CSCCC(C)NCc1ccc2c(c1)CCN2C. The van der Waals surface area contributed by atoms with Crippen molar-refractivity contribution in [2.45, 2.75) is 32.4 Å². The van der Waals surface area contributed by atoms with Gasteiger partial charge in [-0.05, 0) is 49.0 Å². The molecule has 0 saturated heterocycles. The van der Waals surface area contributed by atoms with Crippen molar-refractivity contribution in [3.8, 4) is 0 Å². The second-order valence-corrected chi connectivity index (χ2v) is 6.18. The maximum atomic E-state index is 3.61. The number of nitrogens with zero attached hydrogens (tertiary/aromatic N) is 1. The molecule has 1 aromatic carbocycles. The lowest BCUT2D eigenvalue weighted by molar-refractivity contribution is 0.537. The molecule has 2 rings (SSSR count). The molecule has 0 saturated carbocycles. The maximum absolute atomic E-state index is 3.61. The average Bonchev–Trinajstić information content (AvgIpc) is 2.75. The number of hydrogen-bond acceptors (Lipinski definition) is 3. The predicted octanol–water partition coefficient (Wildman–Crippen LogP) is 2.91.